The third kappa shape index (κ3) is 5.24. The smallest absolute Gasteiger partial charge is 0.338 e. The highest BCUT2D eigenvalue weighted by atomic mass is 79.9. The topological polar surface area (TPSA) is 90.0 Å². The molecule has 7 nitrogen and oxygen atoms in total. The van der Waals surface area contributed by atoms with Crippen molar-refractivity contribution in [3.8, 4) is 0 Å². The van der Waals surface area contributed by atoms with Gasteiger partial charge in [0, 0.05) is 46.6 Å². The van der Waals surface area contributed by atoms with E-state index in [1.807, 2.05) is 4.90 Å². The molecule has 2 aromatic rings. The minimum absolute atomic E-state index is 0.0750. The van der Waals surface area contributed by atoms with Gasteiger partial charge in [-0.1, -0.05) is 46.3 Å². The second-order valence-corrected chi connectivity index (χ2v) is 12.0. The van der Waals surface area contributed by atoms with E-state index in [-0.39, 0.29) is 12.2 Å². The fourth-order valence-corrected chi connectivity index (χ4v) is 6.27. The van der Waals surface area contributed by atoms with E-state index < -0.39 is 52.4 Å². The van der Waals surface area contributed by atoms with Gasteiger partial charge in [0.1, 0.15) is 17.2 Å². The number of rotatable bonds is 8. The van der Waals surface area contributed by atoms with E-state index in [9.17, 15) is 23.9 Å². The minimum atomic E-state index is -1.53. The van der Waals surface area contributed by atoms with Crippen molar-refractivity contribution in [2.24, 2.45) is 17.8 Å². The van der Waals surface area contributed by atoms with Crippen LogP contribution >= 0.6 is 27.5 Å². The summed E-state index contributed by atoms with van der Waals surface area (Å²) in [6.45, 7) is 4.28. The van der Waals surface area contributed by atoms with E-state index in [0.29, 0.717) is 33.2 Å². The van der Waals surface area contributed by atoms with Gasteiger partial charge in [-0.25, -0.2) is 13.6 Å². The van der Waals surface area contributed by atoms with Crippen LogP contribution in [0.15, 0.2) is 71.5 Å². The second-order valence-electron chi connectivity index (χ2n) is 10.6. The molecule has 214 valence electrons. The molecule has 11 heteroatoms. The molecule has 2 fully saturated rings. The summed E-state index contributed by atoms with van der Waals surface area (Å²) in [6.07, 6.45) is 6.15. The molecule has 41 heavy (non-hydrogen) atoms. The average Bonchev–Trinajstić information content (AvgIpc) is 3.60. The number of aromatic carboxylic acids is 1. The highest BCUT2D eigenvalue weighted by molar-refractivity contribution is 9.11. The SMILES string of the molecule is C=C(Br)/C=C\C=C(/F)C1[C@H](C(=O)N(C)c2ccc(C(=O)O)c(F)c2)CN(CC2CC2)[C@@]12C(=O)Nc1cc(Cl)ccc12. The van der Waals surface area contributed by atoms with Gasteiger partial charge in [0.2, 0.25) is 11.8 Å². The molecule has 0 bridgehead atoms. The van der Waals surface area contributed by atoms with Crippen molar-refractivity contribution in [3.05, 3.63) is 93.5 Å². The second kappa shape index (κ2) is 11.2. The fraction of sp³-hybridized carbons (Fsp3) is 0.300. The largest absolute Gasteiger partial charge is 0.478 e. The van der Waals surface area contributed by atoms with Gasteiger partial charge >= 0.3 is 5.97 Å². The fourth-order valence-electron chi connectivity index (χ4n) is 5.94. The zero-order valence-electron chi connectivity index (χ0n) is 22.0. The van der Waals surface area contributed by atoms with Gasteiger partial charge in [-0.05, 0) is 61.2 Å². The molecular formula is C30H27BrClF2N3O4. The Hall–Kier alpha value is -3.34. The van der Waals surface area contributed by atoms with Crippen LogP contribution in [0.2, 0.25) is 5.02 Å². The van der Waals surface area contributed by atoms with Crippen molar-refractivity contribution < 1.29 is 28.3 Å². The van der Waals surface area contributed by atoms with Gasteiger partial charge in [-0.2, -0.15) is 0 Å². The summed E-state index contributed by atoms with van der Waals surface area (Å²) < 4.78 is 31.5. The number of nitrogens with zero attached hydrogens (tertiary/aromatic N) is 2. The van der Waals surface area contributed by atoms with Crippen LogP contribution in [0.4, 0.5) is 20.2 Å². The number of fused-ring (bicyclic) bond motifs is 2. The Balaban J connectivity index is 1.63. The van der Waals surface area contributed by atoms with Crippen molar-refractivity contribution in [1.29, 1.82) is 0 Å². The Morgan fingerprint density at radius 3 is 2.66 bits per heavy atom. The predicted molar refractivity (Wildman–Crippen MR) is 156 cm³/mol. The molecule has 3 aliphatic rings. The molecule has 2 heterocycles. The first-order valence-electron chi connectivity index (χ1n) is 13.0. The lowest BCUT2D eigenvalue weighted by atomic mass is 9.74. The van der Waals surface area contributed by atoms with E-state index in [1.54, 1.807) is 24.3 Å². The quantitative estimate of drug-likeness (QED) is 0.331. The number of carbonyl (C=O) groups excluding carboxylic acids is 2. The van der Waals surface area contributed by atoms with Crippen LogP contribution in [-0.4, -0.2) is 47.9 Å². The number of halogens is 4. The third-order valence-electron chi connectivity index (χ3n) is 7.98. The van der Waals surface area contributed by atoms with Crippen LogP contribution in [0, 0.1) is 23.6 Å². The normalized spacial score (nSPS) is 24.1. The van der Waals surface area contributed by atoms with Gasteiger partial charge in [-0.3, -0.25) is 14.5 Å². The Bertz CT molecular complexity index is 1530. The molecule has 1 unspecified atom stereocenters. The summed E-state index contributed by atoms with van der Waals surface area (Å²) in [5, 5.41) is 12.5. The van der Waals surface area contributed by atoms with Gasteiger partial charge in [0.25, 0.3) is 0 Å². The standard InChI is InChI=1S/C30H27BrClF2N3O4/c1-16(31)4-3-5-23(33)26-21(27(38)36(2)19-9-10-20(28(39)40)24(34)13-19)15-37(14-17-6-7-17)30(26)22-11-8-18(32)12-25(22)35-29(30)41/h3-5,8-13,17,21,26H,1,6-7,14-15H2,2H3,(H,35,41)(H,39,40)/b4-3-,23-5-/t21-,26?,30-/m1/s1. The number of carboxylic acid groups (broad SMARTS) is 1. The van der Waals surface area contributed by atoms with Crippen molar-refractivity contribution in [1.82, 2.24) is 4.90 Å². The summed E-state index contributed by atoms with van der Waals surface area (Å²) >= 11 is 9.43. The number of carboxylic acids is 1. The number of allylic oxidation sites excluding steroid dienone is 4. The van der Waals surface area contributed by atoms with Crippen molar-refractivity contribution in [2.45, 2.75) is 18.4 Å². The summed E-state index contributed by atoms with van der Waals surface area (Å²) in [4.78, 5) is 42.4. The Morgan fingerprint density at radius 2 is 2.02 bits per heavy atom. The highest BCUT2D eigenvalue weighted by Crippen LogP contribution is 2.57. The van der Waals surface area contributed by atoms with Crippen LogP contribution in [0.5, 0.6) is 0 Å². The van der Waals surface area contributed by atoms with Gasteiger partial charge in [0.15, 0.2) is 0 Å². The average molecular weight is 647 g/mol. The van der Waals surface area contributed by atoms with Crippen LogP contribution < -0.4 is 10.2 Å². The summed E-state index contributed by atoms with van der Waals surface area (Å²) in [7, 11) is 1.42. The van der Waals surface area contributed by atoms with Crippen LogP contribution in [0.3, 0.4) is 0 Å². The van der Waals surface area contributed by atoms with E-state index in [0.717, 1.165) is 25.0 Å². The maximum Gasteiger partial charge on any atom is 0.338 e. The van der Waals surface area contributed by atoms with Crippen molar-refractivity contribution in [2.75, 3.05) is 30.4 Å². The lowest BCUT2D eigenvalue weighted by molar-refractivity contribution is -0.128. The minimum Gasteiger partial charge on any atom is -0.478 e. The molecule has 0 radical (unpaired) electrons. The number of benzene rings is 2. The lowest BCUT2D eigenvalue weighted by Gasteiger charge is -2.37. The molecule has 1 spiro atoms. The molecular weight excluding hydrogens is 620 g/mol. The summed E-state index contributed by atoms with van der Waals surface area (Å²) in [5.74, 6) is -6.06. The number of anilines is 2. The molecule has 1 aliphatic carbocycles. The molecule has 1 saturated heterocycles. The molecule has 5 rings (SSSR count). The zero-order chi connectivity index (χ0) is 29.6. The van der Waals surface area contributed by atoms with Gasteiger partial charge in [-0.15, -0.1) is 0 Å². The molecule has 2 aromatic carbocycles. The first-order valence-corrected chi connectivity index (χ1v) is 14.2. The molecule has 2 amide bonds. The molecule has 2 N–H and O–H groups in total. The first kappa shape index (κ1) is 29.2. The molecule has 2 aliphatic heterocycles. The number of amides is 2. The Kier molecular flexibility index (Phi) is 7.93. The van der Waals surface area contributed by atoms with E-state index >= 15 is 4.39 Å². The van der Waals surface area contributed by atoms with E-state index in [1.165, 1.54) is 30.2 Å². The van der Waals surface area contributed by atoms with Gasteiger partial charge < -0.3 is 15.3 Å². The van der Waals surface area contributed by atoms with Gasteiger partial charge in [0.05, 0.1) is 17.4 Å². The Labute approximate surface area is 249 Å². The van der Waals surface area contributed by atoms with Crippen molar-refractivity contribution in [3.63, 3.8) is 0 Å². The molecule has 3 atom stereocenters. The number of nitrogens with one attached hydrogen (secondary N) is 1. The number of likely N-dealkylation sites (tertiary alicyclic amines) is 1. The third-order valence-corrected chi connectivity index (χ3v) is 8.48. The van der Waals surface area contributed by atoms with E-state index in [2.05, 4.69) is 27.8 Å². The number of hydrogen-bond donors (Lipinski definition) is 2. The predicted octanol–water partition coefficient (Wildman–Crippen LogP) is 6.26. The summed E-state index contributed by atoms with van der Waals surface area (Å²) in [6, 6.07) is 8.30. The monoisotopic (exact) mass is 645 g/mol. The summed E-state index contributed by atoms with van der Waals surface area (Å²) in [5.41, 5.74) is -0.964. The first-order chi connectivity index (χ1) is 19.4. The lowest BCUT2D eigenvalue weighted by Crippen LogP contribution is -2.52. The van der Waals surface area contributed by atoms with Crippen LogP contribution in [0.25, 0.3) is 0 Å². The van der Waals surface area contributed by atoms with E-state index in [4.69, 9.17) is 11.6 Å². The van der Waals surface area contributed by atoms with Crippen LogP contribution in [-0.2, 0) is 15.1 Å². The Morgan fingerprint density at radius 1 is 1.29 bits per heavy atom. The molecule has 0 aromatic heterocycles. The maximum absolute atomic E-state index is 16.4. The number of carbonyl (C=O) groups is 3. The zero-order valence-corrected chi connectivity index (χ0v) is 24.4. The number of hydrogen-bond acceptors (Lipinski definition) is 4. The maximum atomic E-state index is 16.4. The highest BCUT2D eigenvalue weighted by Gasteiger charge is 2.66. The van der Waals surface area contributed by atoms with Crippen molar-refractivity contribution >= 4 is 56.7 Å². The molecule has 1 saturated carbocycles. The van der Waals surface area contributed by atoms with Crippen LogP contribution in [0.1, 0.15) is 28.8 Å².